The molecule has 1 aliphatic heterocycles. The molecule has 1 N–H and O–H groups in total. The lowest BCUT2D eigenvalue weighted by Crippen LogP contribution is -2.27. The Bertz CT molecular complexity index is 661. The van der Waals surface area contributed by atoms with E-state index >= 15 is 0 Å². The molecule has 0 unspecified atom stereocenters. The third-order valence-corrected chi connectivity index (χ3v) is 4.60. The molecule has 1 heterocycles. The summed E-state index contributed by atoms with van der Waals surface area (Å²) in [6.07, 6.45) is 2.72. The van der Waals surface area contributed by atoms with Gasteiger partial charge in [0.2, 0.25) is 0 Å². The molecule has 1 saturated heterocycles. The van der Waals surface area contributed by atoms with Crippen LogP contribution in [0.1, 0.15) is 32.7 Å². The lowest BCUT2D eigenvalue weighted by Gasteiger charge is -2.24. The van der Waals surface area contributed by atoms with Crippen LogP contribution in [0.4, 0.5) is 0 Å². The Hall–Kier alpha value is -2.10. The van der Waals surface area contributed by atoms with Gasteiger partial charge in [-0.1, -0.05) is 12.1 Å². The van der Waals surface area contributed by atoms with Crippen molar-refractivity contribution < 1.29 is 14.3 Å². The molecule has 96 valence electrons. The highest BCUT2D eigenvalue weighted by Crippen LogP contribution is 2.63. The van der Waals surface area contributed by atoms with Gasteiger partial charge in [-0.2, -0.15) is 0 Å². The molecule has 4 heteroatoms. The number of fused-ring (bicyclic) bond motifs is 1. The molecular formula is C15H13NO3. The normalized spacial score (nSPS) is 29.6. The van der Waals surface area contributed by atoms with E-state index in [9.17, 15) is 9.59 Å². The van der Waals surface area contributed by atoms with Crippen LogP contribution in [0.2, 0.25) is 0 Å². The largest absolute Gasteiger partial charge is 0.465 e. The molecule has 1 spiro atoms. The molecule has 19 heavy (non-hydrogen) atoms. The van der Waals surface area contributed by atoms with Crippen LogP contribution in [-0.4, -0.2) is 25.4 Å². The van der Waals surface area contributed by atoms with Gasteiger partial charge in [0.15, 0.2) is 5.78 Å². The van der Waals surface area contributed by atoms with Crippen LogP contribution in [0.3, 0.4) is 0 Å². The lowest BCUT2D eigenvalue weighted by molar-refractivity contribution is 0.0597. The van der Waals surface area contributed by atoms with E-state index < -0.39 is 5.97 Å². The number of rotatable bonds is 1. The monoisotopic (exact) mass is 255 g/mol. The van der Waals surface area contributed by atoms with Gasteiger partial charge in [-0.15, -0.1) is 0 Å². The van der Waals surface area contributed by atoms with Gasteiger partial charge in [-0.05, 0) is 24.0 Å². The van der Waals surface area contributed by atoms with Gasteiger partial charge < -0.3 is 10.1 Å². The molecule has 0 amide bonds. The van der Waals surface area contributed by atoms with Gasteiger partial charge in [0, 0.05) is 29.3 Å². The first-order valence-electron chi connectivity index (χ1n) is 6.40. The standard InChI is InChI=1S/C15H13NO3/c1-19-14(18)9-3-2-4-10-13(9)11(17)5-12-15(10)6-8(15)7-16-12/h2-5,8,16H,6-7H2,1H3/t8-,15-/m0/s1. The van der Waals surface area contributed by atoms with Crippen molar-refractivity contribution in [2.24, 2.45) is 5.92 Å². The molecule has 0 bridgehead atoms. The number of allylic oxidation sites excluding steroid dienone is 2. The zero-order valence-corrected chi connectivity index (χ0v) is 10.5. The van der Waals surface area contributed by atoms with E-state index in [0.717, 1.165) is 24.2 Å². The molecular weight excluding hydrogens is 242 g/mol. The highest BCUT2D eigenvalue weighted by atomic mass is 16.5. The average Bonchev–Trinajstić information content (AvgIpc) is 3.06. The number of piperidine rings is 1. The van der Waals surface area contributed by atoms with Crippen molar-refractivity contribution in [3.05, 3.63) is 46.7 Å². The summed E-state index contributed by atoms with van der Waals surface area (Å²) in [5.74, 6) is 0.0109. The number of ketones is 1. The van der Waals surface area contributed by atoms with Gasteiger partial charge in [0.05, 0.1) is 12.7 Å². The maximum Gasteiger partial charge on any atom is 0.338 e. The van der Waals surface area contributed by atoms with Gasteiger partial charge in [-0.25, -0.2) is 4.79 Å². The van der Waals surface area contributed by atoms with Gasteiger partial charge in [0.1, 0.15) is 0 Å². The second-order valence-corrected chi connectivity index (χ2v) is 5.40. The zero-order chi connectivity index (χ0) is 13.2. The number of carbonyl (C=O) groups is 2. The zero-order valence-electron chi connectivity index (χ0n) is 10.5. The number of nitrogens with one attached hydrogen (secondary N) is 1. The second-order valence-electron chi connectivity index (χ2n) is 5.40. The van der Waals surface area contributed by atoms with Gasteiger partial charge in [0.25, 0.3) is 0 Å². The minimum atomic E-state index is -0.443. The number of ether oxygens (including phenoxy) is 1. The van der Waals surface area contributed by atoms with Gasteiger partial charge in [-0.3, -0.25) is 4.79 Å². The molecule has 2 atom stereocenters. The molecule has 2 aliphatic carbocycles. The fourth-order valence-corrected chi connectivity index (χ4v) is 3.62. The van der Waals surface area contributed by atoms with Crippen LogP contribution in [0, 0.1) is 5.92 Å². The number of carbonyl (C=O) groups excluding carboxylic acids is 2. The highest BCUT2D eigenvalue weighted by Gasteiger charge is 2.64. The van der Waals surface area contributed by atoms with Crippen molar-refractivity contribution in [2.45, 2.75) is 11.8 Å². The molecule has 3 aliphatic rings. The lowest BCUT2D eigenvalue weighted by atomic mass is 9.80. The molecule has 4 nitrogen and oxygen atoms in total. The van der Waals surface area contributed by atoms with Crippen LogP contribution < -0.4 is 5.32 Å². The van der Waals surface area contributed by atoms with E-state index in [1.165, 1.54) is 7.11 Å². The summed E-state index contributed by atoms with van der Waals surface area (Å²) in [5.41, 5.74) is 2.90. The van der Waals surface area contributed by atoms with Crippen LogP contribution in [0.15, 0.2) is 30.0 Å². The van der Waals surface area contributed by atoms with Crippen LogP contribution in [-0.2, 0) is 10.2 Å². The predicted octanol–water partition coefficient (Wildman–Crippen LogP) is 1.41. The summed E-state index contributed by atoms with van der Waals surface area (Å²) < 4.78 is 4.78. The third kappa shape index (κ3) is 1.14. The maximum atomic E-state index is 12.3. The molecule has 4 rings (SSSR count). The molecule has 0 aromatic heterocycles. The highest BCUT2D eigenvalue weighted by molar-refractivity contribution is 6.14. The van der Waals surface area contributed by atoms with E-state index in [1.54, 1.807) is 12.1 Å². The van der Waals surface area contributed by atoms with Gasteiger partial charge >= 0.3 is 5.97 Å². The number of esters is 1. The second kappa shape index (κ2) is 3.26. The number of benzene rings is 1. The van der Waals surface area contributed by atoms with Crippen molar-refractivity contribution in [3.8, 4) is 0 Å². The fourth-order valence-electron chi connectivity index (χ4n) is 3.62. The van der Waals surface area contributed by atoms with E-state index in [0.29, 0.717) is 17.0 Å². The van der Waals surface area contributed by atoms with Crippen molar-refractivity contribution in [3.63, 3.8) is 0 Å². The summed E-state index contributed by atoms with van der Waals surface area (Å²) in [6, 6.07) is 5.47. The minimum Gasteiger partial charge on any atom is -0.465 e. The van der Waals surface area contributed by atoms with Crippen LogP contribution >= 0.6 is 0 Å². The summed E-state index contributed by atoms with van der Waals surface area (Å²) in [6.45, 7) is 0.918. The average molecular weight is 255 g/mol. The van der Waals surface area contributed by atoms with Crippen molar-refractivity contribution in [1.29, 1.82) is 0 Å². The summed E-state index contributed by atoms with van der Waals surface area (Å²) in [5, 5.41) is 3.31. The van der Waals surface area contributed by atoms with Crippen molar-refractivity contribution in [1.82, 2.24) is 5.32 Å². The van der Waals surface area contributed by atoms with Crippen LogP contribution in [0.25, 0.3) is 0 Å². The number of hydrogen-bond donors (Lipinski definition) is 1. The van der Waals surface area contributed by atoms with Crippen LogP contribution in [0.5, 0.6) is 0 Å². The maximum absolute atomic E-state index is 12.3. The smallest absolute Gasteiger partial charge is 0.338 e. The first-order valence-corrected chi connectivity index (χ1v) is 6.40. The summed E-state index contributed by atoms with van der Waals surface area (Å²) in [7, 11) is 1.34. The first kappa shape index (κ1) is 10.8. The predicted molar refractivity (Wildman–Crippen MR) is 68.0 cm³/mol. The molecule has 0 radical (unpaired) electrons. The quantitative estimate of drug-likeness (QED) is 0.771. The summed E-state index contributed by atoms with van der Waals surface area (Å²) >= 11 is 0. The Labute approximate surface area is 110 Å². The Morgan fingerprint density at radius 2 is 2.32 bits per heavy atom. The van der Waals surface area contributed by atoms with E-state index in [-0.39, 0.29) is 11.2 Å². The van der Waals surface area contributed by atoms with E-state index in [2.05, 4.69) is 5.32 Å². The fraction of sp³-hybridized carbons (Fsp3) is 0.333. The Balaban J connectivity index is 1.98. The Kier molecular flexibility index (Phi) is 1.85. The third-order valence-electron chi connectivity index (χ3n) is 4.60. The minimum absolute atomic E-state index is 0.0344. The first-order chi connectivity index (χ1) is 9.18. The Morgan fingerprint density at radius 1 is 1.47 bits per heavy atom. The van der Waals surface area contributed by atoms with Crippen molar-refractivity contribution in [2.75, 3.05) is 13.7 Å². The molecule has 1 aromatic carbocycles. The Morgan fingerprint density at radius 3 is 3.05 bits per heavy atom. The van der Waals surface area contributed by atoms with E-state index in [4.69, 9.17) is 4.74 Å². The SMILES string of the molecule is COC(=O)c1cccc2c1C(=O)C=C1NC[C@@H]3C[C@@]123. The molecule has 1 saturated carbocycles. The van der Waals surface area contributed by atoms with Crippen molar-refractivity contribution >= 4 is 11.8 Å². The summed E-state index contributed by atoms with van der Waals surface area (Å²) in [4.78, 5) is 24.1. The molecule has 2 fully saturated rings. The topological polar surface area (TPSA) is 55.4 Å². The molecule has 1 aromatic rings. The van der Waals surface area contributed by atoms with E-state index in [1.807, 2.05) is 12.1 Å². The number of hydrogen-bond acceptors (Lipinski definition) is 4. The number of methoxy groups -OCH3 is 1.